The molecule has 0 aliphatic carbocycles. The number of hydrogen-bond donors (Lipinski definition) is 1. The van der Waals surface area contributed by atoms with Gasteiger partial charge in [-0.05, 0) is 13.1 Å². The van der Waals surface area contributed by atoms with Gasteiger partial charge in [-0.3, -0.25) is 9.48 Å². The van der Waals surface area contributed by atoms with Gasteiger partial charge >= 0.3 is 0 Å². The zero-order valence-electron chi connectivity index (χ0n) is 14.2. The normalized spacial score (nSPS) is 19.0. The molecule has 1 saturated heterocycles. The highest BCUT2D eigenvalue weighted by molar-refractivity contribution is 5.93. The van der Waals surface area contributed by atoms with Crippen molar-refractivity contribution in [2.45, 2.75) is 0 Å². The number of aromatic nitrogens is 2. The lowest BCUT2D eigenvalue weighted by atomic mass is 10.1. The summed E-state index contributed by atoms with van der Waals surface area (Å²) < 4.78 is 7.22. The summed E-state index contributed by atoms with van der Waals surface area (Å²) in [7, 11) is 3.88. The maximum absolute atomic E-state index is 12.5. The van der Waals surface area contributed by atoms with E-state index in [2.05, 4.69) is 22.4 Å². The highest BCUT2D eigenvalue weighted by atomic mass is 16.5. The lowest BCUT2D eigenvalue weighted by Crippen LogP contribution is -2.36. The van der Waals surface area contributed by atoms with Gasteiger partial charge in [-0.1, -0.05) is 30.3 Å². The summed E-state index contributed by atoms with van der Waals surface area (Å²) in [5.41, 5.74) is 2.38. The average molecular weight is 328 g/mol. The van der Waals surface area contributed by atoms with Crippen molar-refractivity contribution in [3.05, 3.63) is 42.1 Å². The van der Waals surface area contributed by atoms with E-state index in [1.165, 1.54) is 0 Å². The van der Waals surface area contributed by atoms with Crippen LogP contribution >= 0.6 is 0 Å². The fourth-order valence-electron chi connectivity index (χ4n) is 2.94. The Morgan fingerprint density at radius 2 is 2.12 bits per heavy atom. The molecule has 3 rings (SSSR count). The van der Waals surface area contributed by atoms with E-state index in [1.54, 1.807) is 11.7 Å². The van der Waals surface area contributed by atoms with Gasteiger partial charge in [-0.15, -0.1) is 0 Å². The van der Waals surface area contributed by atoms with Crippen molar-refractivity contribution in [2.24, 2.45) is 13.0 Å². The van der Waals surface area contributed by atoms with Crippen LogP contribution in [-0.4, -0.2) is 60.5 Å². The van der Waals surface area contributed by atoms with E-state index in [9.17, 15) is 4.79 Å². The molecule has 1 amide bonds. The number of nitrogens with zero attached hydrogens (tertiary/aromatic N) is 3. The number of rotatable bonds is 4. The van der Waals surface area contributed by atoms with E-state index in [0.717, 1.165) is 31.0 Å². The molecular weight excluding hydrogens is 304 g/mol. The first kappa shape index (κ1) is 16.7. The topological polar surface area (TPSA) is 59.4 Å². The van der Waals surface area contributed by atoms with Gasteiger partial charge in [0.05, 0.1) is 18.9 Å². The number of benzene rings is 1. The third kappa shape index (κ3) is 4.01. The lowest BCUT2D eigenvalue weighted by molar-refractivity contribution is 0.0912. The second-order valence-corrected chi connectivity index (χ2v) is 6.32. The summed E-state index contributed by atoms with van der Waals surface area (Å²) in [6.07, 6.45) is 0. The Kier molecular flexibility index (Phi) is 5.27. The highest BCUT2D eigenvalue weighted by Crippen LogP contribution is 2.18. The molecule has 24 heavy (non-hydrogen) atoms. The van der Waals surface area contributed by atoms with Crippen molar-refractivity contribution in [1.29, 1.82) is 0 Å². The number of ether oxygens (including phenoxy) is 1. The van der Waals surface area contributed by atoms with Crippen LogP contribution in [0, 0.1) is 5.92 Å². The summed E-state index contributed by atoms with van der Waals surface area (Å²) in [5.74, 6) is 0.211. The highest BCUT2D eigenvalue weighted by Gasteiger charge is 2.19. The molecule has 1 aliphatic rings. The van der Waals surface area contributed by atoms with E-state index < -0.39 is 0 Å². The molecule has 2 aromatic rings. The second kappa shape index (κ2) is 7.59. The predicted molar refractivity (Wildman–Crippen MR) is 92.8 cm³/mol. The van der Waals surface area contributed by atoms with Gasteiger partial charge in [0, 0.05) is 38.2 Å². The Bertz CT molecular complexity index is 684. The van der Waals surface area contributed by atoms with Crippen molar-refractivity contribution < 1.29 is 9.53 Å². The Labute approximate surface area is 142 Å². The Balaban J connectivity index is 1.64. The van der Waals surface area contributed by atoms with Crippen LogP contribution in [0.4, 0.5) is 0 Å². The van der Waals surface area contributed by atoms with E-state index in [0.29, 0.717) is 24.8 Å². The SMILES string of the molecule is CN1CCOC[C@H](CNC(=O)c2cc(-c3ccccc3)nn2C)C1. The van der Waals surface area contributed by atoms with Crippen molar-refractivity contribution in [3.63, 3.8) is 0 Å². The number of likely N-dealkylation sites (N-methyl/N-ethyl adjacent to an activating group) is 1. The van der Waals surface area contributed by atoms with Gasteiger partial charge in [0.1, 0.15) is 5.69 Å². The quantitative estimate of drug-likeness (QED) is 0.921. The van der Waals surface area contributed by atoms with E-state index in [-0.39, 0.29) is 5.91 Å². The van der Waals surface area contributed by atoms with Gasteiger partial charge < -0.3 is 15.0 Å². The van der Waals surface area contributed by atoms with E-state index in [4.69, 9.17) is 4.74 Å². The second-order valence-electron chi connectivity index (χ2n) is 6.32. The number of hydrogen-bond acceptors (Lipinski definition) is 4. The van der Waals surface area contributed by atoms with Crippen LogP contribution in [0.2, 0.25) is 0 Å². The minimum absolute atomic E-state index is 0.0981. The van der Waals surface area contributed by atoms with Crippen LogP contribution in [0.1, 0.15) is 10.5 Å². The summed E-state index contributed by atoms with van der Waals surface area (Å²) in [5, 5.41) is 7.46. The number of aryl methyl sites for hydroxylation is 1. The summed E-state index contributed by atoms with van der Waals surface area (Å²) in [6, 6.07) is 11.7. The molecular formula is C18H24N4O2. The van der Waals surface area contributed by atoms with Crippen molar-refractivity contribution >= 4 is 5.91 Å². The van der Waals surface area contributed by atoms with Crippen molar-refractivity contribution in [2.75, 3.05) is 39.9 Å². The number of carbonyl (C=O) groups excluding carboxylic acids is 1. The standard InChI is InChI=1S/C18H24N4O2/c1-21-8-9-24-13-14(12-21)11-19-18(23)17-10-16(20-22(17)2)15-6-4-3-5-7-15/h3-7,10,14H,8-9,11-13H2,1-2H3,(H,19,23)/t14-/m1/s1. The first-order chi connectivity index (χ1) is 11.6. The van der Waals surface area contributed by atoms with Crippen LogP contribution in [0.25, 0.3) is 11.3 Å². The summed E-state index contributed by atoms with van der Waals surface area (Å²) >= 11 is 0. The van der Waals surface area contributed by atoms with E-state index in [1.807, 2.05) is 36.4 Å². The van der Waals surface area contributed by atoms with Gasteiger partial charge in [-0.2, -0.15) is 5.10 Å². The Hall–Kier alpha value is -2.18. The largest absolute Gasteiger partial charge is 0.380 e. The zero-order chi connectivity index (χ0) is 16.9. The molecule has 0 spiro atoms. The van der Waals surface area contributed by atoms with Crippen molar-refractivity contribution in [1.82, 2.24) is 20.0 Å². The number of amides is 1. The third-order valence-corrected chi connectivity index (χ3v) is 4.27. The molecule has 6 heteroatoms. The third-order valence-electron chi connectivity index (χ3n) is 4.27. The molecule has 1 aromatic carbocycles. The van der Waals surface area contributed by atoms with Crippen LogP contribution in [0.3, 0.4) is 0 Å². The molecule has 1 N–H and O–H groups in total. The molecule has 1 fully saturated rings. The zero-order valence-corrected chi connectivity index (χ0v) is 14.2. The number of nitrogens with one attached hydrogen (secondary N) is 1. The van der Waals surface area contributed by atoms with Gasteiger partial charge in [-0.25, -0.2) is 0 Å². The molecule has 128 valence electrons. The Morgan fingerprint density at radius 3 is 2.92 bits per heavy atom. The maximum atomic E-state index is 12.5. The lowest BCUT2D eigenvalue weighted by Gasteiger charge is -2.19. The van der Waals surface area contributed by atoms with Crippen LogP contribution in [-0.2, 0) is 11.8 Å². The maximum Gasteiger partial charge on any atom is 0.269 e. The van der Waals surface area contributed by atoms with E-state index >= 15 is 0 Å². The molecule has 0 unspecified atom stereocenters. The number of carbonyl (C=O) groups is 1. The van der Waals surface area contributed by atoms with Gasteiger partial charge in [0.25, 0.3) is 5.91 Å². The first-order valence-corrected chi connectivity index (χ1v) is 8.27. The van der Waals surface area contributed by atoms with Crippen LogP contribution in [0.15, 0.2) is 36.4 Å². The molecule has 1 aliphatic heterocycles. The van der Waals surface area contributed by atoms with Crippen LogP contribution in [0.5, 0.6) is 0 Å². The average Bonchev–Trinajstić information content (AvgIpc) is 2.86. The minimum Gasteiger partial charge on any atom is -0.380 e. The molecule has 0 radical (unpaired) electrons. The fourth-order valence-corrected chi connectivity index (χ4v) is 2.94. The smallest absolute Gasteiger partial charge is 0.269 e. The molecule has 0 saturated carbocycles. The molecule has 1 atom stereocenters. The minimum atomic E-state index is -0.0981. The fraction of sp³-hybridized carbons (Fsp3) is 0.444. The van der Waals surface area contributed by atoms with Crippen LogP contribution < -0.4 is 5.32 Å². The van der Waals surface area contributed by atoms with Crippen molar-refractivity contribution in [3.8, 4) is 11.3 Å². The summed E-state index contributed by atoms with van der Waals surface area (Å²) in [4.78, 5) is 14.7. The van der Waals surface area contributed by atoms with Gasteiger partial charge in [0.15, 0.2) is 0 Å². The van der Waals surface area contributed by atoms with Gasteiger partial charge in [0.2, 0.25) is 0 Å². The predicted octanol–water partition coefficient (Wildman–Crippen LogP) is 1.40. The molecule has 2 heterocycles. The summed E-state index contributed by atoms with van der Waals surface area (Å²) in [6.45, 7) is 3.91. The molecule has 1 aromatic heterocycles. The molecule has 0 bridgehead atoms. The molecule has 6 nitrogen and oxygen atoms in total. The Morgan fingerprint density at radius 1 is 1.33 bits per heavy atom. The first-order valence-electron chi connectivity index (χ1n) is 8.27. The monoisotopic (exact) mass is 328 g/mol.